The first kappa shape index (κ1) is 82.0. The van der Waals surface area contributed by atoms with Gasteiger partial charge in [-0.05, 0) is 177 Å². The van der Waals surface area contributed by atoms with E-state index in [1.165, 1.54) is 0 Å². The van der Waals surface area contributed by atoms with Crippen LogP contribution in [0.3, 0.4) is 0 Å². The van der Waals surface area contributed by atoms with Crippen LogP contribution in [0, 0.1) is 0 Å². The lowest BCUT2D eigenvalue weighted by Gasteiger charge is -2.28. The predicted molar refractivity (Wildman–Crippen MR) is 445 cm³/mol. The third-order valence-electron chi connectivity index (χ3n) is 22.3. The molecule has 0 aliphatic carbocycles. The average molecular weight is 1480 g/mol. The topological polar surface area (TPSA) is 146 Å². The van der Waals surface area contributed by atoms with E-state index in [1.807, 2.05) is 0 Å². The molecule has 0 amide bonds. The fourth-order valence-electron chi connectivity index (χ4n) is 15.3. The minimum absolute atomic E-state index is 0.183. The van der Waals surface area contributed by atoms with Gasteiger partial charge in [0.1, 0.15) is 72.4 Å². The molecule has 586 valence electrons. The van der Waals surface area contributed by atoms with Gasteiger partial charge in [-0.25, -0.2) is 0 Å². The Morgan fingerprint density at radius 1 is 0.174 bits per heavy atom. The Morgan fingerprint density at radius 3 is 0.404 bits per heavy atom. The highest BCUT2D eigenvalue weighted by molar-refractivity contribution is 5.63. The normalized spacial score (nSPS) is 15.9. The Kier molecular flexibility index (Phi) is 23.6. The summed E-state index contributed by atoms with van der Waals surface area (Å²) in [5.74, 6) is 3.48. The van der Waals surface area contributed by atoms with Crippen LogP contribution in [0.4, 0.5) is 0 Å². The molecule has 11 nitrogen and oxygen atoms in total. The molecule has 0 radical (unpaired) electrons. The smallest absolute Gasteiger partial charge is 0.126 e. The summed E-state index contributed by atoms with van der Waals surface area (Å²) in [6, 6.07) is 35.5. The Morgan fingerprint density at radius 2 is 0.284 bits per heavy atom. The number of benzene rings is 8. The SMILES string of the molecule is CC(C)(C)c1cc2c(O)c(c1)Cc1cc(C(C)(C)C)cc3c1OCCOCCOc1c4cc(C(C)(C)C)cc1Cc1cc(C(C)(C)C)cc(c1O)Cc1cc(C(C)(C)C)cc(c1OCCOCCOCCOc1c(cc(C(C)(C)C)cc1Cc1cc(C(C)(C)C)cc(c1O)C4)C2)Cc1cc(C(C)(C)C)cc(c1O)C3. The molecule has 109 heavy (non-hydrogen) atoms. The molecule has 0 spiro atoms. The van der Waals surface area contributed by atoms with Crippen LogP contribution in [0.25, 0.3) is 0 Å². The molecule has 4 aliphatic heterocycles. The van der Waals surface area contributed by atoms with Gasteiger partial charge in [-0.2, -0.15) is 0 Å². The van der Waals surface area contributed by atoms with Crippen molar-refractivity contribution in [2.75, 3.05) is 66.1 Å². The second-order valence-electron chi connectivity index (χ2n) is 39.7. The highest BCUT2D eigenvalue weighted by Gasteiger charge is 2.33. The Labute approximate surface area is 653 Å². The summed E-state index contributed by atoms with van der Waals surface area (Å²) in [5.41, 5.74) is 19.2. The lowest BCUT2D eigenvalue weighted by Crippen LogP contribution is -2.18. The lowest BCUT2D eigenvalue weighted by molar-refractivity contribution is 0.0270. The zero-order valence-electron chi connectivity index (χ0n) is 70.6. The first-order valence-electron chi connectivity index (χ1n) is 40.0. The van der Waals surface area contributed by atoms with Gasteiger partial charge in [0.25, 0.3) is 0 Å². The number of aromatic hydroxyl groups is 4. The molecule has 0 unspecified atom stereocenters. The van der Waals surface area contributed by atoms with Crippen LogP contribution in [0.5, 0.6) is 46.0 Å². The molecule has 12 rings (SSSR count). The van der Waals surface area contributed by atoms with Crippen molar-refractivity contribution in [1.82, 2.24) is 0 Å². The van der Waals surface area contributed by atoms with E-state index in [-0.39, 0.29) is 119 Å². The number of hydrogen-bond acceptors (Lipinski definition) is 11. The summed E-state index contributed by atoms with van der Waals surface area (Å²) in [4.78, 5) is 0. The van der Waals surface area contributed by atoms with Crippen molar-refractivity contribution in [3.05, 3.63) is 231 Å². The molecule has 8 aromatic rings. The fourth-order valence-corrected chi connectivity index (χ4v) is 15.3. The summed E-state index contributed by atoms with van der Waals surface area (Å²) in [6.45, 7) is 55.9. The van der Waals surface area contributed by atoms with Gasteiger partial charge in [-0.1, -0.05) is 263 Å². The average Bonchev–Trinajstić information content (AvgIpc) is 0.781. The van der Waals surface area contributed by atoms with Crippen molar-refractivity contribution in [1.29, 1.82) is 0 Å². The van der Waals surface area contributed by atoms with Crippen molar-refractivity contribution in [2.24, 2.45) is 0 Å². The van der Waals surface area contributed by atoms with Crippen LogP contribution >= 0.6 is 0 Å². The molecule has 0 fully saturated rings. The Balaban J connectivity index is 1.30. The van der Waals surface area contributed by atoms with E-state index in [0.29, 0.717) is 87.6 Å². The fraction of sp³-hybridized carbons (Fsp3) is 0.510. The summed E-state index contributed by atoms with van der Waals surface area (Å²) in [7, 11) is 0. The maximum atomic E-state index is 13.4. The molecule has 0 aromatic heterocycles. The molecule has 8 aromatic carbocycles. The first-order valence-corrected chi connectivity index (χ1v) is 40.0. The molecular weight excluding hydrogens is 1350 g/mol. The van der Waals surface area contributed by atoms with Crippen molar-refractivity contribution < 1.29 is 53.6 Å². The molecule has 0 atom stereocenters. The summed E-state index contributed by atoms with van der Waals surface area (Å²) >= 11 is 0. The number of rotatable bonds is 0. The number of fused-ring (bicyclic) bond motifs is 15. The standard InChI is InChI=1S/C98H128O11/c1-91(2,3)75-43-59-35-67-51-79(95(13,14)15)52-68-36-60-44-76(92(4,5)6)49-65(84(60)100)41-73-57-82(98(22,23)24)58-74-42-66-50-78(94(10,11)12)46-62(86(66)102)38-70-54-80(96(16,17)18)53-69(88(70)107-32-28-104-26-25-103-27-31-106-87(67)68)37-61-45-77(93(7,8)9)48-64(85(61)101)40-72-56-81(97(19,20)21)55-71(39-63(47-75)83(59)99)89(72)108-33-29-105-30-34-109-90(73)74/h43-58,99-102H,25-42H2,1-24H3. The highest BCUT2D eigenvalue weighted by atomic mass is 16.6. The van der Waals surface area contributed by atoms with Gasteiger partial charge in [0.05, 0.1) is 39.6 Å². The van der Waals surface area contributed by atoms with Crippen LogP contribution in [0.1, 0.15) is 300 Å². The zero-order chi connectivity index (χ0) is 79.5. The number of hydrogen-bond donors (Lipinski definition) is 4. The van der Waals surface area contributed by atoms with Gasteiger partial charge in [0.2, 0.25) is 0 Å². The van der Waals surface area contributed by atoms with E-state index in [0.717, 1.165) is 134 Å². The van der Waals surface area contributed by atoms with E-state index < -0.39 is 0 Å². The summed E-state index contributed by atoms with van der Waals surface area (Å²) in [5, 5.41) is 53.7. The second kappa shape index (κ2) is 31.3. The van der Waals surface area contributed by atoms with Crippen LogP contribution in [-0.2, 0) is 109 Å². The number of phenols is 4. The monoisotopic (exact) mass is 1480 g/mol. The van der Waals surface area contributed by atoms with E-state index >= 15 is 0 Å². The van der Waals surface area contributed by atoms with Crippen LogP contribution in [-0.4, -0.2) is 86.5 Å². The third kappa shape index (κ3) is 19.3. The van der Waals surface area contributed by atoms with Crippen molar-refractivity contribution in [2.45, 2.75) is 261 Å². The third-order valence-corrected chi connectivity index (χ3v) is 22.3. The molecule has 11 heteroatoms. The molecule has 4 aliphatic rings. The minimum Gasteiger partial charge on any atom is -0.507 e. The Hall–Kier alpha value is -7.96. The molecule has 4 N–H and O–H groups in total. The minimum atomic E-state index is -0.341. The van der Waals surface area contributed by atoms with E-state index in [9.17, 15) is 20.4 Å². The molecule has 20 bridgehead atoms. The van der Waals surface area contributed by atoms with Crippen molar-refractivity contribution in [3.8, 4) is 46.0 Å². The van der Waals surface area contributed by atoms with Gasteiger partial charge >= 0.3 is 0 Å². The van der Waals surface area contributed by atoms with Gasteiger partial charge in [0.15, 0.2) is 0 Å². The van der Waals surface area contributed by atoms with Gasteiger partial charge < -0.3 is 53.6 Å². The van der Waals surface area contributed by atoms with Crippen molar-refractivity contribution >= 4 is 0 Å². The van der Waals surface area contributed by atoms with Crippen molar-refractivity contribution in [3.63, 3.8) is 0 Å². The van der Waals surface area contributed by atoms with E-state index in [1.54, 1.807) is 0 Å². The van der Waals surface area contributed by atoms with Gasteiger partial charge in [-0.15, -0.1) is 0 Å². The molecule has 0 saturated heterocycles. The predicted octanol–water partition coefficient (Wildman–Crippen LogP) is 21.5. The maximum absolute atomic E-state index is 13.4. The quantitative estimate of drug-likeness (QED) is 0.108. The number of ether oxygens (including phenoxy) is 7. The second-order valence-corrected chi connectivity index (χ2v) is 39.7. The maximum Gasteiger partial charge on any atom is 0.126 e. The molecule has 4 heterocycles. The Bertz CT molecular complexity index is 4130. The van der Waals surface area contributed by atoms with Gasteiger partial charge in [-0.3, -0.25) is 0 Å². The summed E-state index contributed by atoms with van der Waals surface area (Å²) < 4.78 is 48.5. The zero-order valence-corrected chi connectivity index (χ0v) is 70.6. The lowest BCUT2D eigenvalue weighted by atomic mass is 9.79. The van der Waals surface area contributed by atoms with E-state index in [2.05, 4.69) is 263 Å². The van der Waals surface area contributed by atoms with Gasteiger partial charge in [0, 0.05) is 51.4 Å². The molecular formula is C98H128O11. The van der Waals surface area contributed by atoms with Crippen LogP contribution < -0.4 is 18.9 Å². The van der Waals surface area contributed by atoms with Crippen LogP contribution in [0.2, 0.25) is 0 Å². The highest BCUT2D eigenvalue weighted by Crippen LogP contribution is 2.48. The number of phenolic OH excluding ortho intramolecular Hbond substituents is 4. The molecule has 0 saturated carbocycles. The first-order chi connectivity index (χ1) is 50.7. The van der Waals surface area contributed by atoms with E-state index in [4.69, 9.17) is 33.2 Å². The largest absolute Gasteiger partial charge is 0.507 e. The van der Waals surface area contributed by atoms with Crippen LogP contribution in [0.15, 0.2) is 97.1 Å². The summed E-state index contributed by atoms with van der Waals surface area (Å²) in [6.07, 6.45) is 2.56.